The Morgan fingerprint density at radius 3 is 2.20 bits per heavy atom. The number of carbonyl (C=O) groups is 2. The summed E-state index contributed by atoms with van der Waals surface area (Å²) in [5.74, 6) is -0.863. The third-order valence-corrected chi connectivity index (χ3v) is 10.6. The van der Waals surface area contributed by atoms with E-state index in [1.165, 1.54) is 34.9 Å². The summed E-state index contributed by atoms with van der Waals surface area (Å²) in [6.07, 6.45) is 9.78. The minimum Gasteiger partial charge on any atom is -0.354 e. The summed E-state index contributed by atoms with van der Waals surface area (Å²) in [4.78, 5) is 29.7. The Balaban J connectivity index is 1.34. The minimum atomic E-state index is -3.52. The number of amides is 2. The number of hydrogen-bond acceptors (Lipinski definition) is 4. The summed E-state index contributed by atoms with van der Waals surface area (Å²) in [6, 6.07) is 21.1. The van der Waals surface area contributed by atoms with Crippen molar-refractivity contribution in [1.29, 1.82) is 0 Å². The van der Waals surface area contributed by atoms with E-state index in [4.69, 9.17) is 0 Å². The first-order valence-electron chi connectivity index (χ1n) is 15.9. The van der Waals surface area contributed by atoms with Crippen molar-refractivity contribution >= 4 is 21.8 Å². The molecular formula is C36H42FN3O4S. The van der Waals surface area contributed by atoms with Gasteiger partial charge in [-0.1, -0.05) is 66.2 Å². The fraction of sp³-hybridized carbons (Fsp3) is 0.389. The highest BCUT2D eigenvalue weighted by Crippen LogP contribution is 2.27. The van der Waals surface area contributed by atoms with Crippen molar-refractivity contribution in [3.63, 3.8) is 0 Å². The summed E-state index contributed by atoms with van der Waals surface area (Å²) in [7, 11) is -3.52. The Morgan fingerprint density at radius 2 is 1.53 bits per heavy atom. The van der Waals surface area contributed by atoms with E-state index < -0.39 is 16.1 Å². The summed E-state index contributed by atoms with van der Waals surface area (Å²) < 4.78 is 41.1. The van der Waals surface area contributed by atoms with E-state index in [1.807, 2.05) is 30.3 Å². The Labute approximate surface area is 266 Å². The molecule has 1 atom stereocenters. The van der Waals surface area contributed by atoms with E-state index in [0.717, 1.165) is 37.7 Å². The van der Waals surface area contributed by atoms with Crippen LogP contribution < -0.4 is 5.32 Å². The number of nitrogens with zero attached hydrogens (tertiary/aromatic N) is 2. The van der Waals surface area contributed by atoms with Crippen molar-refractivity contribution in [1.82, 2.24) is 14.5 Å². The molecule has 0 bridgehead atoms. The van der Waals surface area contributed by atoms with Gasteiger partial charge in [-0.15, -0.1) is 0 Å². The molecule has 0 unspecified atom stereocenters. The van der Waals surface area contributed by atoms with Gasteiger partial charge in [-0.3, -0.25) is 9.59 Å². The van der Waals surface area contributed by atoms with Crippen molar-refractivity contribution < 1.29 is 22.4 Å². The molecule has 0 aromatic heterocycles. The molecule has 1 fully saturated rings. The second kappa shape index (κ2) is 15.5. The number of carbonyl (C=O) groups excluding carboxylic acids is 2. The van der Waals surface area contributed by atoms with E-state index in [2.05, 4.69) is 11.4 Å². The lowest BCUT2D eigenvalue weighted by atomic mass is 9.97. The molecule has 1 aliphatic carbocycles. The van der Waals surface area contributed by atoms with Crippen LogP contribution in [-0.4, -0.2) is 49.1 Å². The van der Waals surface area contributed by atoms with Crippen molar-refractivity contribution in [3.05, 3.63) is 113 Å². The number of sulfonamides is 1. The molecule has 238 valence electrons. The van der Waals surface area contributed by atoms with Crippen LogP contribution in [0.15, 0.2) is 95.4 Å². The van der Waals surface area contributed by atoms with Crippen LogP contribution >= 0.6 is 0 Å². The first-order chi connectivity index (χ1) is 21.8. The van der Waals surface area contributed by atoms with E-state index >= 15 is 0 Å². The zero-order chi connectivity index (χ0) is 31.6. The first-order valence-corrected chi connectivity index (χ1v) is 17.4. The molecule has 0 radical (unpaired) electrons. The van der Waals surface area contributed by atoms with Gasteiger partial charge in [0, 0.05) is 32.6 Å². The van der Waals surface area contributed by atoms with E-state index in [0.29, 0.717) is 37.2 Å². The molecule has 0 spiro atoms. The fourth-order valence-electron chi connectivity index (χ4n) is 6.09. The minimum absolute atomic E-state index is 0.114. The smallest absolute Gasteiger partial charge is 0.247 e. The van der Waals surface area contributed by atoms with Gasteiger partial charge >= 0.3 is 0 Å². The van der Waals surface area contributed by atoms with Crippen LogP contribution in [0.5, 0.6) is 0 Å². The lowest BCUT2D eigenvalue weighted by molar-refractivity contribution is -0.141. The van der Waals surface area contributed by atoms with Gasteiger partial charge < -0.3 is 10.2 Å². The number of rotatable bonds is 13. The molecule has 1 saturated heterocycles. The molecule has 7 nitrogen and oxygen atoms in total. The maximum absolute atomic E-state index is 14.0. The molecule has 1 heterocycles. The summed E-state index contributed by atoms with van der Waals surface area (Å²) >= 11 is 0. The van der Waals surface area contributed by atoms with Gasteiger partial charge in [0.2, 0.25) is 21.8 Å². The topological polar surface area (TPSA) is 86.8 Å². The predicted octanol–water partition coefficient (Wildman–Crippen LogP) is 6.32. The van der Waals surface area contributed by atoms with Crippen LogP contribution in [0.3, 0.4) is 0 Å². The molecule has 1 aliphatic heterocycles. The maximum Gasteiger partial charge on any atom is 0.247 e. The molecule has 5 rings (SSSR count). The van der Waals surface area contributed by atoms with Gasteiger partial charge in [-0.05, 0) is 92.3 Å². The fourth-order valence-corrected chi connectivity index (χ4v) is 7.61. The van der Waals surface area contributed by atoms with Crippen LogP contribution in [0.2, 0.25) is 0 Å². The van der Waals surface area contributed by atoms with E-state index in [-0.39, 0.29) is 35.5 Å². The second-order valence-electron chi connectivity index (χ2n) is 11.9. The molecule has 3 aromatic rings. The van der Waals surface area contributed by atoms with Crippen LogP contribution in [0.4, 0.5) is 4.39 Å². The molecule has 1 N–H and O–H groups in total. The second-order valence-corrected chi connectivity index (χ2v) is 13.8. The summed E-state index contributed by atoms with van der Waals surface area (Å²) in [6.45, 7) is 1.69. The molecule has 2 amide bonds. The maximum atomic E-state index is 14.0. The van der Waals surface area contributed by atoms with Crippen molar-refractivity contribution in [2.75, 3.05) is 19.6 Å². The lowest BCUT2D eigenvalue weighted by Crippen LogP contribution is -2.43. The Bertz CT molecular complexity index is 1570. The van der Waals surface area contributed by atoms with Gasteiger partial charge in [-0.2, -0.15) is 4.31 Å². The molecule has 3 aromatic carbocycles. The first kappa shape index (κ1) is 32.6. The van der Waals surface area contributed by atoms with E-state index in [9.17, 15) is 22.4 Å². The van der Waals surface area contributed by atoms with Gasteiger partial charge in [-0.25, -0.2) is 12.8 Å². The Kier molecular flexibility index (Phi) is 11.2. The van der Waals surface area contributed by atoms with Gasteiger partial charge in [0.05, 0.1) is 4.90 Å². The number of nitrogens with one attached hydrogen (secondary N) is 1. The van der Waals surface area contributed by atoms with Gasteiger partial charge in [0.1, 0.15) is 11.9 Å². The van der Waals surface area contributed by atoms with Crippen LogP contribution in [0, 0.1) is 5.82 Å². The predicted molar refractivity (Wildman–Crippen MR) is 173 cm³/mol. The van der Waals surface area contributed by atoms with Crippen molar-refractivity contribution in [2.24, 2.45) is 0 Å². The number of allylic oxidation sites excluding steroid dienone is 1. The number of halogens is 1. The molecule has 0 saturated carbocycles. The van der Waals surface area contributed by atoms with Crippen LogP contribution in [0.25, 0.3) is 0 Å². The summed E-state index contributed by atoms with van der Waals surface area (Å²) in [5.41, 5.74) is 3.59. The zero-order valence-electron chi connectivity index (χ0n) is 25.7. The highest BCUT2D eigenvalue weighted by Gasteiger charge is 2.32. The van der Waals surface area contributed by atoms with Gasteiger partial charge in [0.15, 0.2) is 0 Å². The summed E-state index contributed by atoms with van der Waals surface area (Å²) in [5, 5.41) is 3.08. The molecule has 2 aliphatic rings. The lowest BCUT2D eigenvalue weighted by Gasteiger charge is -2.32. The van der Waals surface area contributed by atoms with Crippen LogP contribution in [0.1, 0.15) is 74.1 Å². The average molecular weight is 632 g/mol. The molecule has 9 heteroatoms. The third-order valence-electron chi connectivity index (χ3n) is 8.65. The number of aryl methyl sites for hydroxylation is 1. The van der Waals surface area contributed by atoms with Crippen LogP contribution in [-0.2, 0) is 32.6 Å². The monoisotopic (exact) mass is 631 g/mol. The third kappa shape index (κ3) is 8.67. The van der Waals surface area contributed by atoms with Crippen molar-refractivity contribution in [3.8, 4) is 0 Å². The Hall–Kier alpha value is -3.82. The highest BCUT2D eigenvalue weighted by molar-refractivity contribution is 7.89. The quantitative estimate of drug-likeness (QED) is 0.224. The highest BCUT2D eigenvalue weighted by atomic mass is 32.2. The van der Waals surface area contributed by atoms with Crippen molar-refractivity contribution in [2.45, 2.75) is 75.3 Å². The van der Waals surface area contributed by atoms with Gasteiger partial charge in [0.25, 0.3) is 0 Å². The molecule has 45 heavy (non-hydrogen) atoms. The average Bonchev–Trinajstić information content (AvgIpc) is 3.62. The van der Waals surface area contributed by atoms with E-state index in [1.54, 1.807) is 41.3 Å². The standard InChI is InChI=1S/C36H42FN3O4S/c37-32-18-13-30(14-19-32)27-40(34(41)22-17-29-15-20-33(21-16-29)45(43,44)39-25-7-8-26-39)35(31-11-5-2-6-12-31)36(42)38-24-23-28-9-3-1-4-10-28/h2,5-6,9,11-16,18-21,35H,1,3-4,7-8,10,17,22-27H2,(H,38,42)/t35-/m0/s1. The Morgan fingerprint density at radius 1 is 0.844 bits per heavy atom. The zero-order valence-corrected chi connectivity index (χ0v) is 26.5. The number of benzene rings is 3. The number of hydrogen-bond donors (Lipinski definition) is 1. The SMILES string of the molecule is O=C(NCCC1=CCCCC1)[C@H](c1ccccc1)N(Cc1ccc(F)cc1)C(=O)CCc1ccc(S(=O)(=O)N2CCCC2)cc1. The normalized spacial score (nSPS) is 16.2. The largest absolute Gasteiger partial charge is 0.354 e. The molecular weight excluding hydrogens is 589 g/mol.